The third kappa shape index (κ3) is 10.9. The van der Waals surface area contributed by atoms with Gasteiger partial charge in [0.2, 0.25) is 0 Å². The van der Waals surface area contributed by atoms with Crippen molar-refractivity contribution in [1.82, 2.24) is 10.6 Å². The number of para-hydroxylation sites is 1. The summed E-state index contributed by atoms with van der Waals surface area (Å²) in [6.07, 6.45) is -3.36. The van der Waals surface area contributed by atoms with Gasteiger partial charge in [0.25, 0.3) is 5.69 Å². The van der Waals surface area contributed by atoms with Gasteiger partial charge in [-0.1, -0.05) is 37.1 Å². The van der Waals surface area contributed by atoms with Crippen LogP contribution in [0.5, 0.6) is 5.75 Å². The van der Waals surface area contributed by atoms with Crippen molar-refractivity contribution >= 4 is 30.0 Å². The molecular formula is C31H36ClF4N3O8. The molecular weight excluding hydrogens is 654 g/mol. The standard InChI is InChI=1S/C31H35F4N3O8.ClH/c1-19-25(26(20-10-9-11-21(16-20)38(42)43)27(29(40)44-2)28(37-19)31(33,34)35)30(41)45-15-8-4-3-7-14-36-17-22(39)18-46-24-13-6-5-12-23(24)32;/h5-6,9-13,16,22,26,36-37,39H,3-4,7-8,14-15,17-18H2,1-2H3;1H. The first kappa shape index (κ1) is 39.0. The number of methoxy groups -OCH3 is 1. The summed E-state index contributed by atoms with van der Waals surface area (Å²) in [7, 11) is 0.886. The number of esters is 2. The van der Waals surface area contributed by atoms with E-state index in [-0.39, 0.29) is 54.7 Å². The summed E-state index contributed by atoms with van der Waals surface area (Å²) in [4.78, 5) is 36.6. The number of rotatable bonds is 16. The van der Waals surface area contributed by atoms with Crippen molar-refractivity contribution in [1.29, 1.82) is 0 Å². The molecule has 0 radical (unpaired) electrons. The summed E-state index contributed by atoms with van der Waals surface area (Å²) in [6.45, 7) is 1.87. The molecule has 0 spiro atoms. The Morgan fingerprint density at radius 3 is 2.43 bits per heavy atom. The molecule has 0 bridgehead atoms. The van der Waals surface area contributed by atoms with Crippen LogP contribution in [0.4, 0.5) is 23.2 Å². The van der Waals surface area contributed by atoms with E-state index in [4.69, 9.17) is 9.47 Å². The Labute approximate surface area is 274 Å². The Kier molecular flexibility index (Phi) is 15.1. The van der Waals surface area contributed by atoms with Crippen LogP contribution in [0.3, 0.4) is 0 Å². The van der Waals surface area contributed by atoms with Crippen molar-refractivity contribution in [3.63, 3.8) is 0 Å². The monoisotopic (exact) mass is 689 g/mol. The maximum atomic E-state index is 14.0. The van der Waals surface area contributed by atoms with Gasteiger partial charge in [0.1, 0.15) is 18.4 Å². The molecule has 0 fully saturated rings. The highest BCUT2D eigenvalue weighted by Gasteiger charge is 2.47. The molecule has 2 unspecified atom stereocenters. The first-order valence-electron chi connectivity index (χ1n) is 14.4. The lowest BCUT2D eigenvalue weighted by molar-refractivity contribution is -0.384. The van der Waals surface area contributed by atoms with Gasteiger partial charge in [0, 0.05) is 24.4 Å². The van der Waals surface area contributed by atoms with E-state index < -0.39 is 57.8 Å². The normalized spacial score (nSPS) is 15.3. The summed E-state index contributed by atoms with van der Waals surface area (Å²) < 4.78 is 70.9. The molecule has 0 aliphatic carbocycles. The maximum Gasteiger partial charge on any atom is 0.431 e. The number of benzene rings is 2. The third-order valence-corrected chi connectivity index (χ3v) is 7.02. The van der Waals surface area contributed by atoms with Crippen LogP contribution in [0.2, 0.25) is 0 Å². The second-order valence-electron chi connectivity index (χ2n) is 10.4. The van der Waals surface area contributed by atoms with Gasteiger partial charge >= 0.3 is 18.1 Å². The average molecular weight is 690 g/mol. The number of aliphatic hydroxyl groups is 1. The third-order valence-electron chi connectivity index (χ3n) is 7.02. The molecule has 2 aromatic carbocycles. The number of unbranched alkanes of at least 4 members (excludes halogenated alkanes) is 3. The number of nitro groups is 1. The molecule has 0 aromatic heterocycles. The van der Waals surface area contributed by atoms with E-state index in [1.807, 2.05) is 0 Å². The van der Waals surface area contributed by atoms with E-state index >= 15 is 0 Å². The number of carbonyl (C=O) groups is 2. The zero-order chi connectivity index (χ0) is 33.9. The molecule has 1 aliphatic rings. The van der Waals surface area contributed by atoms with Gasteiger partial charge in [-0.25, -0.2) is 14.0 Å². The number of hydrogen-bond donors (Lipinski definition) is 3. The summed E-state index contributed by atoms with van der Waals surface area (Å²) in [5.74, 6) is -4.47. The summed E-state index contributed by atoms with van der Waals surface area (Å²) in [6, 6.07) is 10.5. The van der Waals surface area contributed by atoms with Gasteiger partial charge in [-0.05, 0) is 44.0 Å². The molecule has 3 N–H and O–H groups in total. The van der Waals surface area contributed by atoms with E-state index in [1.165, 1.54) is 37.3 Å². The number of carbonyl (C=O) groups excluding carboxylic acids is 2. The molecule has 2 atom stereocenters. The second kappa shape index (κ2) is 18.2. The van der Waals surface area contributed by atoms with Gasteiger partial charge in [0.15, 0.2) is 11.6 Å². The molecule has 258 valence electrons. The van der Waals surface area contributed by atoms with Crippen LogP contribution in [0.25, 0.3) is 0 Å². The van der Waals surface area contributed by atoms with Crippen molar-refractivity contribution in [2.45, 2.75) is 50.8 Å². The van der Waals surface area contributed by atoms with Crippen LogP contribution in [0, 0.1) is 15.9 Å². The summed E-state index contributed by atoms with van der Waals surface area (Å²) >= 11 is 0. The number of alkyl halides is 3. The SMILES string of the molecule is COC(=O)C1=C(C(F)(F)F)NC(C)=C(C(=O)OCCCCCCNCC(O)COc2ccccc2F)C1c1cccc([N+](=O)[O-])c1.Cl. The highest BCUT2D eigenvalue weighted by molar-refractivity contribution is 6.00. The minimum absolute atomic E-state index is 0. The highest BCUT2D eigenvalue weighted by Crippen LogP contribution is 2.44. The smallest absolute Gasteiger partial charge is 0.431 e. The molecule has 47 heavy (non-hydrogen) atoms. The minimum Gasteiger partial charge on any atom is -0.488 e. The summed E-state index contributed by atoms with van der Waals surface area (Å²) in [5, 5.41) is 26.6. The molecule has 0 amide bonds. The van der Waals surface area contributed by atoms with E-state index in [0.717, 1.165) is 32.1 Å². The topological polar surface area (TPSA) is 149 Å². The Morgan fingerprint density at radius 1 is 1.06 bits per heavy atom. The van der Waals surface area contributed by atoms with E-state index in [9.17, 15) is 42.4 Å². The van der Waals surface area contributed by atoms with Gasteiger partial charge in [0.05, 0.1) is 35.7 Å². The molecule has 11 nitrogen and oxygen atoms in total. The lowest BCUT2D eigenvalue weighted by Crippen LogP contribution is -2.38. The van der Waals surface area contributed by atoms with Crippen molar-refractivity contribution in [2.24, 2.45) is 0 Å². The fraction of sp³-hybridized carbons (Fsp3) is 0.419. The average Bonchev–Trinajstić information content (AvgIpc) is 3.02. The number of dihydropyridines is 1. The van der Waals surface area contributed by atoms with E-state index in [2.05, 4.69) is 15.4 Å². The molecule has 0 saturated heterocycles. The number of aliphatic hydroxyl groups excluding tert-OH is 1. The van der Waals surface area contributed by atoms with Crippen molar-refractivity contribution in [3.05, 3.63) is 92.6 Å². The number of nitrogens with zero attached hydrogens (tertiary/aromatic N) is 1. The first-order chi connectivity index (χ1) is 21.8. The van der Waals surface area contributed by atoms with Crippen LogP contribution >= 0.6 is 12.4 Å². The molecule has 1 aliphatic heterocycles. The van der Waals surface area contributed by atoms with Crippen LogP contribution in [0.1, 0.15) is 44.1 Å². The van der Waals surface area contributed by atoms with Gasteiger partial charge in [-0.15, -0.1) is 12.4 Å². The number of nitro benzene ring substituents is 1. The molecule has 2 aromatic rings. The predicted molar refractivity (Wildman–Crippen MR) is 164 cm³/mol. The van der Waals surface area contributed by atoms with Crippen molar-refractivity contribution in [3.8, 4) is 5.75 Å². The van der Waals surface area contributed by atoms with E-state index in [1.54, 1.807) is 6.07 Å². The Bertz CT molecular complexity index is 1470. The Morgan fingerprint density at radius 2 is 1.77 bits per heavy atom. The van der Waals surface area contributed by atoms with Crippen LogP contribution in [-0.2, 0) is 19.1 Å². The number of nitrogens with one attached hydrogen (secondary N) is 2. The quantitative estimate of drug-likeness (QED) is 0.0703. The zero-order valence-corrected chi connectivity index (χ0v) is 26.4. The highest BCUT2D eigenvalue weighted by atomic mass is 35.5. The number of ether oxygens (including phenoxy) is 3. The fourth-order valence-corrected chi connectivity index (χ4v) is 4.83. The van der Waals surface area contributed by atoms with Crippen molar-refractivity contribution in [2.75, 3.05) is 33.4 Å². The maximum absolute atomic E-state index is 14.0. The molecule has 3 rings (SSSR count). The Hall–Kier alpha value is -4.21. The molecule has 0 saturated carbocycles. The van der Waals surface area contributed by atoms with E-state index in [0.29, 0.717) is 19.4 Å². The van der Waals surface area contributed by atoms with Gasteiger partial charge in [-0.2, -0.15) is 13.2 Å². The molecule has 1 heterocycles. The predicted octanol–water partition coefficient (Wildman–Crippen LogP) is 5.24. The van der Waals surface area contributed by atoms with Gasteiger partial charge in [-0.3, -0.25) is 10.1 Å². The van der Waals surface area contributed by atoms with Crippen LogP contribution in [-0.4, -0.2) is 67.7 Å². The van der Waals surface area contributed by atoms with Gasteiger partial charge < -0.3 is 30.0 Å². The first-order valence-corrected chi connectivity index (χ1v) is 14.4. The van der Waals surface area contributed by atoms with Crippen LogP contribution < -0.4 is 15.4 Å². The number of hydrogen-bond acceptors (Lipinski definition) is 10. The number of halogens is 5. The largest absolute Gasteiger partial charge is 0.488 e. The number of allylic oxidation sites excluding steroid dienone is 2. The van der Waals surface area contributed by atoms with Crippen LogP contribution in [0.15, 0.2) is 71.1 Å². The Balaban J connectivity index is 0.00000768. The lowest BCUT2D eigenvalue weighted by atomic mass is 9.80. The second-order valence-corrected chi connectivity index (χ2v) is 10.4. The van der Waals surface area contributed by atoms with Crippen molar-refractivity contribution < 1.29 is 51.4 Å². The minimum atomic E-state index is -5.04. The zero-order valence-electron chi connectivity index (χ0n) is 25.6. The fourth-order valence-electron chi connectivity index (χ4n) is 4.83. The molecule has 16 heteroatoms. The lowest BCUT2D eigenvalue weighted by Gasteiger charge is -2.31. The summed E-state index contributed by atoms with van der Waals surface area (Å²) in [5.41, 5.74) is -3.45. The number of non-ortho nitro benzene ring substituents is 1.